The molecular weight excluding hydrogens is 324 g/mol. The predicted octanol–water partition coefficient (Wildman–Crippen LogP) is 2.62. The minimum atomic E-state index is -4.39. The molecule has 21 heavy (non-hydrogen) atoms. The lowest BCUT2D eigenvalue weighted by Gasteiger charge is -2.18. The number of hydrogen-bond donors (Lipinski definition) is 0. The normalized spacial score (nSPS) is 21.2. The van der Waals surface area contributed by atoms with Gasteiger partial charge in [0.2, 0.25) is 0 Å². The zero-order valence-electron chi connectivity index (χ0n) is 11.4. The lowest BCUT2D eigenvalue weighted by molar-refractivity contribution is 0.0782. The van der Waals surface area contributed by atoms with Crippen LogP contribution in [0.5, 0.6) is 0 Å². The highest BCUT2D eigenvalue weighted by Gasteiger charge is 2.35. The molecule has 0 radical (unpaired) electrons. The Kier molecular flexibility index (Phi) is 4.26. The first-order chi connectivity index (χ1) is 9.61. The van der Waals surface area contributed by atoms with E-state index < -0.39 is 37.1 Å². The number of nitrogens with zero attached hydrogens (tertiary/aromatic N) is 1. The molecule has 0 heterocycles. The maximum Gasteiger partial charge on any atom is 0.264 e. The monoisotopic (exact) mass is 337 g/mol. The Morgan fingerprint density at radius 2 is 1.95 bits per heavy atom. The van der Waals surface area contributed by atoms with Gasteiger partial charge in [-0.05, 0) is 24.3 Å². The fourth-order valence-corrected chi connectivity index (χ4v) is 3.08. The largest absolute Gasteiger partial charge is 0.341 e. The molecule has 1 aromatic rings. The first-order valence-corrected chi connectivity index (χ1v) is 8.61. The molecule has 8 heteroatoms. The van der Waals surface area contributed by atoms with E-state index in [-0.39, 0.29) is 0 Å². The Labute approximate surface area is 126 Å². The van der Waals surface area contributed by atoms with Gasteiger partial charge in [-0.25, -0.2) is 17.2 Å². The second-order valence-corrected chi connectivity index (χ2v) is 7.89. The van der Waals surface area contributed by atoms with E-state index >= 15 is 0 Å². The van der Waals surface area contributed by atoms with Crippen LogP contribution in [-0.2, 0) is 9.05 Å². The molecule has 0 saturated heterocycles. The van der Waals surface area contributed by atoms with Crippen LogP contribution in [0.2, 0.25) is 0 Å². The third-order valence-corrected chi connectivity index (χ3v) is 4.98. The Morgan fingerprint density at radius 1 is 1.38 bits per heavy atom. The minimum absolute atomic E-state index is 0.357. The lowest BCUT2D eigenvalue weighted by atomic mass is 10.1. The van der Waals surface area contributed by atoms with Crippen LogP contribution in [0.15, 0.2) is 17.0 Å². The van der Waals surface area contributed by atoms with Crippen molar-refractivity contribution in [2.75, 3.05) is 13.6 Å². The highest BCUT2D eigenvalue weighted by Crippen LogP contribution is 2.38. The number of carbonyl (C=O) groups is 1. The first kappa shape index (κ1) is 16.2. The van der Waals surface area contributed by atoms with Crippen molar-refractivity contribution in [1.29, 1.82) is 0 Å². The second-order valence-electron chi connectivity index (χ2n) is 5.36. The number of carbonyl (C=O) groups excluding carboxylic acids is 1. The molecule has 1 aliphatic carbocycles. The van der Waals surface area contributed by atoms with Crippen LogP contribution in [0.3, 0.4) is 0 Å². The second kappa shape index (κ2) is 5.53. The zero-order chi connectivity index (χ0) is 15.9. The molecule has 1 aromatic carbocycles. The molecule has 2 unspecified atom stereocenters. The van der Waals surface area contributed by atoms with E-state index in [1.165, 1.54) is 11.9 Å². The summed E-state index contributed by atoms with van der Waals surface area (Å²) in [5.74, 6) is -2.27. The summed E-state index contributed by atoms with van der Waals surface area (Å²) in [6.07, 6.45) is 0.991. The Balaban J connectivity index is 2.32. The molecule has 0 bridgehead atoms. The number of halogens is 3. The topological polar surface area (TPSA) is 54.5 Å². The minimum Gasteiger partial charge on any atom is -0.341 e. The van der Waals surface area contributed by atoms with Gasteiger partial charge in [0, 0.05) is 30.3 Å². The van der Waals surface area contributed by atoms with E-state index in [1.807, 2.05) is 6.92 Å². The highest BCUT2D eigenvalue weighted by molar-refractivity contribution is 8.13. The molecule has 2 atom stereocenters. The van der Waals surface area contributed by atoms with Crippen molar-refractivity contribution in [2.45, 2.75) is 18.2 Å². The predicted molar refractivity (Wildman–Crippen MR) is 73.6 cm³/mol. The van der Waals surface area contributed by atoms with Crippen LogP contribution in [0.25, 0.3) is 0 Å². The summed E-state index contributed by atoms with van der Waals surface area (Å²) in [4.78, 5) is 12.6. The van der Waals surface area contributed by atoms with Gasteiger partial charge in [-0.3, -0.25) is 4.79 Å². The van der Waals surface area contributed by atoms with Crippen LogP contribution in [0.1, 0.15) is 23.7 Å². The van der Waals surface area contributed by atoms with Crippen molar-refractivity contribution in [3.63, 3.8) is 0 Å². The van der Waals surface area contributed by atoms with E-state index in [4.69, 9.17) is 10.7 Å². The Hall–Kier alpha value is -1.21. The fraction of sp³-hybridized carbons (Fsp3) is 0.462. The SMILES string of the molecule is CC1CC1CN(C)C(=O)c1cc(S(=O)(=O)Cl)c(F)cc1F. The van der Waals surface area contributed by atoms with E-state index in [1.54, 1.807) is 0 Å². The number of hydrogen-bond acceptors (Lipinski definition) is 3. The number of rotatable bonds is 4. The molecular formula is C13H14ClF2NO3S. The quantitative estimate of drug-likeness (QED) is 0.794. The third kappa shape index (κ3) is 3.52. The average molecular weight is 338 g/mol. The molecule has 4 nitrogen and oxygen atoms in total. The van der Waals surface area contributed by atoms with Gasteiger partial charge < -0.3 is 4.90 Å². The highest BCUT2D eigenvalue weighted by atomic mass is 35.7. The van der Waals surface area contributed by atoms with Crippen molar-refractivity contribution in [3.8, 4) is 0 Å². The Bertz CT molecular complexity index is 693. The van der Waals surface area contributed by atoms with Gasteiger partial charge in [0.1, 0.15) is 16.5 Å². The van der Waals surface area contributed by atoms with Gasteiger partial charge in [-0.15, -0.1) is 0 Å². The first-order valence-electron chi connectivity index (χ1n) is 6.30. The van der Waals surface area contributed by atoms with E-state index in [2.05, 4.69) is 0 Å². The van der Waals surface area contributed by atoms with Gasteiger partial charge in [-0.2, -0.15) is 0 Å². The van der Waals surface area contributed by atoms with Crippen molar-refractivity contribution >= 4 is 25.6 Å². The number of benzene rings is 1. The van der Waals surface area contributed by atoms with Crippen molar-refractivity contribution < 1.29 is 22.0 Å². The van der Waals surface area contributed by atoms with Gasteiger partial charge in [0.05, 0.1) is 5.56 Å². The summed E-state index contributed by atoms with van der Waals surface area (Å²) in [7, 11) is 2.17. The van der Waals surface area contributed by atoms with E-state index in [0.29, 0.717) is 30.5 Å². The molecule has 1 saturated carbocycles. The smallest absolute Gasteiger partial charge is 0.264 e. The van der Waals surface area contributed by atoms with Crippen LogP contribution >= 0.6 is 10.7 Å². The van der Waals surface area contributed by atoms with Gasteiger partial charge in [0.25, 0.3) is 15.0 Å². The molecule has 116 valence electrons. The summed E-state index contributed by atoms with van der Waals surface area (Å²) < 4.78 is 49.6. The fourth-order valence-electron chi connectivity index (χ4n) is 2.17. The van der Waals surface area contributed by atoms with Crippen LogP contribution in [-0.4, -0.2) is 32.8 Å². The summed E-state index contributed by atoms with van der Waals surface area (Å²) in [5, 5.41) is 0. The standard InChI is InChI=1S/C13H14ClF2NO3S/c1-7-3-8(7)6-17(2)13(18)9-4-12(21(14,19)20)11(16)5-10(9)15/h4-5,7-8H,3,6H2,1-2H3. The van der Waals surface area contributed by atoms with Crippen molar-refractivity contribution in [1.82, 2.24) is 4.90 Å². The zero-order valence-corrected chi connectivity index (χ0v) is 13.0. The van der Waals surface area contributed by atoms with Crippen molar-refractivity contribution in [2.24, 2.45) is 11.8 Å². The molecule has 0 N–H and O–H groups in total. The van der Waals surface area contributed by atoms with Gasteiger partial charge in [0.15, 0.2) is 0 Å². The number of amides is 1. The molecule has 1 fully saturated rings. The van der Waals surface area contributed by atoms with Crippen LogP contribution in [0.4, 0.5) is 8.78 Å². The van der Waals surface area contributed by atoms with Crippen LogP contribution < -0.4 is 0 Å². The molecule has 1 amide bonds. The summed E-state index contributed by atoms with van der Waals surface area (Å²) in [6.45, 7) is 2.49. The van der Waals surface area contributed by atoms with Crippen LogP contribution in [0, 0.1) is 23.5 Å². The van der Waals surface area contributed by atoms with E-state index in [0.717, 1.165) is 6.42 Å². The summed E-state index contributed by atoms with van der Waals surface area (Å²) >= 11 is 0. The van der Waals surface area contributed by atoms with Crippen molar-refractivity contribution in [3.05, 3.63) is 29.3 Å². The lowest BCUT2D eigenvalue weighted by Crippen LogP contribution is -2.30. The molecule has 0 aromatic heterocycles. The molecule has 2 rings (SSSR count). The summed E-state index contributed by atoms with van der Waals surface area (Å²) in [6, 6.07) is 0.998. The van der Waals surface area contributed by atoms with Gasteiger partial charge in [-0.1, -0.05) is 6.92 Å². The molecule has 1 aliphatic rings. The molecule has 0 spiro atoms. The third-order valence-electron chi connectivity index (χ3n) is 3.65. The Morgan fingerprint density at radius 3 is 2.43 bits per heavy atom. The maximum atomic E-state index is 13.7. The van der Waals surface area contributed by atoms with E-state index in [9.17, 15) is 22.0 Å². The average Bonchev–Trinajstić information content (AvgIpc) is 3.02. The maximum absolute atomic E-state index is 13.7. The summed E-state index contributed by atoms with van der Waals surface area (Å²) in [5.41, 5.74) is -0.508. The van der Waals surface area contributed by atoms with Gasteiger partial charge >= 0.3 is 0 Å². The molecule has 0 aliphatic heterocycles.